The van der Waals surface area contributed by atoms with Crippen molar-refractivity contribution in [3.8, 4) is 5.69 Å². The number of aromatic carboxylic acids is 1. The zero-order valence-corrected chi connectivity index (χ0v) is 16.2. The van der Waals surface area contributed by atoms with E-state index in [4.69, 9.17) is 0 Å². The number of hydrogen-bond donors (Lipinski definition) is 1. The molecule has 1 N–H and O–H groups in total. The van der Waals surface area contributed by atoms with Crippen LogP contribution in [0, 0.1) is 5.82 Å². The number of benzene rings is 2. The molecule has 4 rings (SSSR count). The molecular weight excluding hydrogens is 429 g/mol. The van der Waals surface area contributed by atoms with Crippen LogP contribution in [0.25, 0.3) is 5.69 Å². The highest BCUT2D eigenvalue weighted by atomic mass is 79.9. The highest BCUT2D eigenvalue weighted by molar-refractivity contribution is 9.10. The van der Waals surface area contributed by atoms with Gasteiger partial charge in [0.05, 0.1) is 23.5 Å². The standard InChI is InChI=1S/C20H15BrFN3O3/c21-12-5-7-13(8-6-12)25-17-9-10-24(11-15(17)18(23-25)20(27)28)19(26)14-3-1-2-4-16(14)22/h1-8H,9-11H2,(H,27,28). The van der Waals surface area contributed by atoms with E-state index in [9.17, 15) is 19.1 Å². The van der Waals surface area contributed by atoms with Crippen molar-refractivity contribution >= 4 is 27.8 Å². The fourth-order valence-corrected chi connectivity index (χ4v) is 3.63. The second-order valence-corrected chi connectivity index (χ2v) is 7.34. The number of hydrogen-bond acceptors (Lipinski definition) is 3. The van der Waals surface area contributed by atoms with Crippen molar-refractivity contribution in [1.82, 2.24) is 14.7 Å². The third-order valence-electron chi connectivity index (χ3n) is 4.72. The summed E-state index contributed by atoms with van der Waals surface area (Å²) in [5.74, 6) is -2.22. The van der Waals surface area contributed by atoms with Crippen molar-refractivity contribution in [3.05, 3.63) is 81.3 Å². The van der Waals surface area contributed by atoms with E-state index in [2.05, 4.69) is 21.0 Å². The Morgan fingerprint density at radius 3 is 2.50 bits per heavy atom. The third kappa shape index (κ3) is 3.20. The van der Waals surface area contributed by atoms with Gasteiger partial charge in [0.2, 0.25) is 0 Å². The number of aromatic nitrogens is 2. The van der Waals surface area contributed by atoms with E-state index in [-0.39, 0.29) is 17.8 Å². The number of fused-ring (bicyclic) bond motifs is 1. The van der Waals surface area contributed by atoms with Crippen LogP contribution in [0.5, 0.6) is 0 Å². The van der Waals surface area contributed by atoms with Gasteiger partial charge in [-0.25, -0.2) is 13.9 Å². The monoisotopic (exact) mass is 443 g/mol. The van der Waals surface area contributed by atoms with Crippen molar-refractivity contribution in [2.75, 3.05) is 6.54 Å². The van der Waals surface area contributed by atoms with E-state index in [1.54, 1.807) is 10.7 Å². The van der Waals surface area contributed by atoms with E-state index >= 15 is 0 Å². The number of carbonyl (C=O) groups is 2. The average Bonchev–Trinajstić information content (AvgIpc) is 3.07. The van der Waals surface area contributed by atoms with E-state index in [1.165, 1.54) is 23.1 Å². The lowest BCUT2D eigenvalue weighted by Crippen LogP contribution is -2.37. The van der Waals surface area contributed by atoms with Crippen LogP contribution in [0.15, 0.2) is 53.0 Å². The fraction of sp³-hybridized carbons (Fsp3) is 0.150. The van der Waals surface area contributed by atoms with Crippen LogP contribution in [0.4, 0.5) is 4.39 Å². The number of carboxylic acid groups (broad SMARTS) is 1. The lowest BCUT2D eigenvalue weighted by atomic mass is 10.0. The molecule has 0 bridgehead atoms. The highest BCUT2D eigenvalue weighted by Gasteiger charge is 2.31. The molecule has 6 nitrogen and oxygen atoms in total. The van der Waals surface area contributed by atoms with Crippen molar-refractivity contribution < 1.29 is 19.1 Å². The second-order valence-electron chi connectivity index (χ2n) is 6.42. The lowest BCUT2D eigenvalue weighted by Gasteiger charge is -2.28. The maximum atomic E-state index is 14.0. The number of carboxylic acids is 1. The summed E-state index contributed by atoms with van der Waals surface area (Å²) in [5.41, 5.74) is 1.84. The zero-order chi connectivity index (χ0) is 19.8. The smallest absolute Gasteiger partial charge is 0.356 e. The average molecular weight is 444 g/mol. The van der Waals surface area contributed by atoms with E-state index < -0.39 is 17.7 Å². The van der Waals surface area contributed by atoms with E-state index in [0.717, 1.165) is 15.9 Å². The third-order valence-corrected chi connectivity index (χ3v) is 5.25. The van der Waals surface area contributed by atoms with Gasteiger partial charge in [0.15, 0.2) is 5.69 Å². The Morgan fingerprint density at radius 2 is 1.82 bits per heavy atom. The summed E-state index contributed by atoms with van der Waals surface area (Å²) in [6, 6.07) is 13.1. The predicted molar refractivity (Wildman–Crippen MR) is 103 cm³/mol. The molecule has 0 unspecified atom stereocenters. The first-order chi connectivity index (χ1) is 13.5. The van der Waals surface area contributed by atoms with Gasteiger partial charge in [0.25, 0.3) is 5.91 Å². The number of nitrogens with zero attached hydrogens (tertiary/aromatic N) is 3. The number of rotatable bonds is 3. The molecule has 1 aliphatic heterocycles. The van der Waals surface area contributed by atoms with Crippen LogP contribution in [0.1, 0.15) is 32.1 Å². The Bertz CT molecular complexity index is 1080. The molecule has 2 aromatic carbocycles. The first-order valence-corrected chi connectivity index (χ1v) is 9.39. The minimum absolute atomic E-state index is 0.0249. The summed E-state index contributed by atoms with van der Waals surface area (Å²) in [6.45, 7) is 0.419. The minimum Gasteiger partial charge on any atom is -0.476 e. The summed E-state index contributed by atoms with van der Waals surface area (Å²) in [7, 11) is 0. The maximum absolute atomic E-state index is 14.0. The van der Waals surface area contributed by atoms with Crippen molar-refractivity contribution in [2.24, 2.45) is 0 Å². The summed E-state index contributed by atoms with van der Waals surface area (Å²) < 4.78 is 16.5. The van der Waals surface area contributed by atoms with Crippen LogP contribution in [-0.4, -0.2) is 38.2 Å². The number of carbonyl (C=O) groups excluding carboxylic acids is 1. The van der Waals surface area contributed by atoms with Crippen molar-refractivity contribution in [2.45, 2.75) is 13.0 Å². The van der Waals surface area contributed by atoms with Crippen LogP contribution >= 0.6 is 15.9 Å². The number of amides is 1. The molecule has 1 amide bonds. The van der Waals surface area contributed by atoms with Gasteiger partial charge in [0.1, 0.15) is 5.82 Å². The Hall–Kier alpha value is -3.00. The molecular formula is C20H15BrFN3O3. The van der Waals surface area contributed by atoms with Crippen LogP contribution < -0.4 is 0 Å². The molecule has 0 atom stereocenters. The Balaban J connectivity index is 1.72. The summed E-state index contributed by atoms with van der Waals surface area (Å²) in [5, 5.41) is 13.8. The molecule has 142 valence electrons. The Morgan fingerprint density at radius 1 is 1.11 bits per heavy atom. The molecule has 28 heavy (non-hydrogen) atoms. The summed E-state index contributed by atoms with van der Waals surface area (Å²) >= 11 is 3.37. The molecule has 0 aliphatic carbocycles. The molecule has 0 saturated heterocycles. The zero-order valence-electron chi connectivity index (χ0n) is 14.6. The molecule has 1 aliphatic rings. The lowest BCUT2D eigenvalue weighted by molar-refractivity contribution is 0.0673. The van der Waals surface area contributed by atoms with E-state index in [0.29, 0.717) is 18.5 Å². The molecule has 0 fully saturated rings. The van der Waals surface area contributed by atoms with Gasteiger partial charge in [-0.05, 0) is 36.4 Å². The summed E-state index contributed by atoms with van der Waals surface area (Å²) in [4.78, 5) is 25.9. The van der Waals surface area contributed by atoms with Gasteiger partial charge in [-0.3, -0.25) is 4.79 Å². The maximum Gasteiger partial charge on any atom is 0.356 e. The minimum atomic E-state index is -1.16. The Kier molecular flexibility index (Phi) is 4.72. The van der Waals surface area contributed by atoms with Gasteiger partial charge < -0.3 is 10.0 Å². The van der Waals surface area contributed by atoms with Crippen molar-refractivity contribution in [3.63, 3.8) is 0 Å². The second kappa shape index (κ2) is 7.20. The molecule has 3 aromatic rings. The van der Waals surface area contributed by atoms with Crippen LogP contribution in [-0.2, 0) is 13.0 Å². The van der Waals surface area contributed by atoms with Crippen LogP contribution in [0.2, 0.25) is 0 Å². The fourth-order valence-electron chi connectivity index (χ4n) is 3.36. The van der Waals surface area contributed by atoms with Gasteiger partial charge >= 0.3 is 5.97 Å². The quantitative estimate of drug-likeness (QED) is 0.669. The van der Waals surface area contributed by atoms with Gasteiger partial charge in [0, 0.05) is 23.0 Å². The largest absolute Gasteiger partial charge is 0.476 e. The molecule has 0 saturated carbocycles. The molecule has 0 radical (unpaired) electrons. The highest BCUT2D eigenvalue weighted by Crippen LogP contribution is 2.27. The van der Waals surface area contributed by atoms with Gasteiger partial charge in [-0.15, -0.1) is 0 Å². The van der Waals surface area contributed by atoms with Crippen LogP contribution in [0.3, 0.4) is 0 Å². The molecule has 0 spiro atoms. The molecule has 1 aromatic heterocycles. The number of halogens is 2. The van der Waals surface area contributed by atoms with E-state index in [1.807, 2.05) is 24.3 Å². The first-order valence-electron chi connectivity index (χ1n) is 8.59. The normalized spacial score (nSPS) is 13.3. The predicted octanol–water partition coefficient (Wildman–Crippen LogP) is 3.67. The van der Waals surface area contributed by atoms with Gasteiger partial charge in [-0.1, -0.05) is 28.1 Å². The SMILES string of the molecule is O=C(O)c1nn(-c2ccc(Br)cc2)c2c1CN(C(=O)c1ccccc1F)CC2. The summed E-state index contributed by atoms with van der Waals surface area (Å²) in [6.07, 6.45) is 0.422. The topological polar surface area (TPSA) is 75.4 Å². The van der Waals surface area contributed by atoms with Gasteiger partial charge in [-0.2, -0.15) is 5.10 Å². The van der Waals surface area contributed by atoms with Crippen molar-refractivity contribution in [1.29, 1.82) is 0 Å². The molecule has 2 heterocycles. The first kappa shape index (κ1) is 18.4. The Labute approximate surface area is 168 Å². The molecule has 8 heteroatoms.